The molecule has 2 aliphatic heterocycles. The first-order valence-electron chi connectivity index (χ1n) is 7.32. The van der Waals surface area contributed by atoms with Crippen LogP contribution >= 0.6 is 0 Å². The lowest BCUT2D eigenvalue weighted by molar-refractivity contribution is -0.0793. The number of hydrogen-bond acceptors (Lipinski definition) is 3. The highest BCUT2D eigenvalue weighted by Crippen LogP contribution is 2.34. The van der Waals surface area contributed by atoms with Crippen LogP contribution in [-0.4, -0.2) is 24.9 Å². The predicted molar refractivity (Wildman–Crippen MR) is 75.5 cm³/mol. The van der Waals surface area contributed by atoms with Crippen LogP contribution in [0.4, 0.5) is 0 Å². The van der Waals surface area contributed by atoms with E-state index in [1.54, 1.807) is 0 Å². The molecule has 1 aromatic rings. The summed E-state index contributed by atoms with van der Waals surface area (Å²) >= 11 is 0. The molecule has 0 saturated carbocycles. The van der Waals surface area contributed by atoms with E-state index in [4.69, 9.17) is 9.47 Å². The third-order valence-corrected chi connectivity index (χ3v) is 4.48. The number of hydrogen-bond donors (Lipinski definition) is 1. The number of rotatable bonds is 3. The molecule has 0 amide bonds. The molecule has 1 saturated heterocycles. The number of nitrogens with one attached hydrogen (secondary N) is 1. The maximum Gasteiger partial charge on any atom is 0.124 e. The maximum atomic E-state index is 5.91. The molecule has 2 heterocycles. The summed E-state index contributed by atoms with van der Waals surface area (Å²) in [5.41, 5.74) is 1.33. The zero-order valence-corrected chi connectivity index (χ0v) is 11.8. The van der Waals surface area contributed by atoms with Crippen molar-refractivity contribution in [3.8, 4) is 5.75 Å². The van der Waals surface area contributed by atoms with Gasteiger partial charge in [0.05, 0.1) is 11.6 Å². The van der Waals surface area contributed by atoms with Crippen LogP contribution in [-0.2, 0) is 4.74 Å². The molecule has 0 aliphatic carbocycles. The first-order chi connectivity index (χ1) is 9.20. The maximum absolute atomic E-state index is 5.91. The zero-order chi connectivity index (χ0) is 13.3. The van der Waals surface area contributed by atoms with Crippen molar-refractivity contribution in [1.29, 1.82) is 0 Å². The fraction of sp³-hybridized carbons (Fsp3) is 0.625. The summed E-state index contributed by atoms with van der Waals surface area (Å²) < 4.78 is 11.6. The van der Waals surface area contributed by atoms with Crippen molar-refractivity contribution in [2.45, 2.75) is 50.8 Å². The van der Waals surface area contributed by atoms with Crippen LogP contribution in [0.1, 0.15) is 44.7 Å². The topological polar surface area (TPSA) is 30.5 Å². The van der Waals surface area contributed by atoms with E-state index in [0.717, 1.165) is 38.2 Å². The molecule has 2 aliphatic rings. The molecular weight excluding hydrogens is 238 g/mol. The van der Waals surface area contributed by atoms with Gasteiger partial charge in [0.1, 0.15) is 12.4 Å². The average Bonchev–Trinajstić information content (AvgIpc) is 2.83. The van der Waals surface area contributed by atoms with E-state index < -0.39 is 0 Å². The predicted octanol–water partition coefficient (Wildman–Crippen LogP) is 3.06. The van der Waals surface area contributed by atoms with Gasteiger partial charge in [0.25, 0.3) is 0 Å². The lowest BCUT2D eigenvalue weighted by atomic mass is 9.89. The summed E-state index contributed by atoms with van der Waals surface area (Å²) in [5, 5.41) is 3.76. The van der Waals surface area contributed by atoms with Crippen molar-refractivity contribution >= 4 is 0 Å². The van der Waals surface area contributed by atoms with Gasteiger partial charge in [-0.15, -0.1) is 0 Å². The fourth-order valence-electron chi connectivity index (χ4n) is 3.10. The van der Waals surface area contributed by atoms with E-state index in [0.29, 0.717) is 12.1 Å². The van der Waals surface area contributed by atoms with Crippen LogP contribution in [0, 0.1) is 0 Å². The minimum absolute atomic E-state index is 0.0366. The fourth-order valence-corrected chi connectivity index (χ4v) is 3.10. The van der Waals surface area contributed by atoms with E-state index in [1.807, 2.05) is 6.07 Å². The first-order valence-corrected chi connectivity index (χ1v) is 7.32. The second-order valence-electron chi connectivity index (χ2n) is 5.91. The summed E-state index contributed by atoms with van der Waals surface area (Å²) in [4.78, 5) is 0. The molecule has 3 heteroatoms. The van der Waals surface area contributed by atoms with Crippen LogP contribution in [0.25, 0.3) is 0 Å². The standard InChI is InChI=1S/C16H23NO2/c1-3-16(2)10-12(8-9-19-16)17-14-11-18-15-7-5-4-6-13(14)15/h4-7,12,14,17H,3,8-11H2,1-2H3. The van der Waals surface area contributed by atoms with Crippen LogP contribution in [0.2, 0.25) is 0 Å². The summed E-state index contributed by atoms with van der Waals surface area (Å²) in [6.45, 7) is 6.03. The van der Waals surface area contributed by atoms with Gasteiger partial charge >= 0.3 is 0 Å². The van der Waals surface area contributed by atoms with Gasteiger partial charge in [-0.1, -0.05) is 25.1 Å². The Bertz CT molecular complexity index is 448. The van der Waals surface area contributed by atoms with Gasteiger partial charge in [0.15, 0.2) is 0 Å². The Balaban J connectivity index is 1.66. The summed E-state index contributed by atoms with van der Waals surface area (Å²) in [5.74, 6) is 1.03. The Morgan fingerprint density at radius 1 is 1.37 bits per heavy atom. The summed E-state index contributed by atoms with van der Waals surface area (Å²) in [6, 6.07) is 9.20. The van der Waals surface area contributed by atoms with Crippen LogP contribution in [0.3, 0.4) is 0 Å². The molecule has 0 radical (unpaired) electrons. The van der Waals surface area contributed by atoms with E-state index in [9.17, 15) is 0 Å². The third-order valence-electron chi connectivity index (χ3n) is 4.48. The number of ether oxygens (including phenoxy) is 2. The van der Waals surface area contributed by atoms with Gasteiger partial charge in [-0.2, -0.15) is 0 Å². The monoisotopic (exact) mass is 261 g/mol. The molecule has 0 aromatic heterocycles. The van der Waals surface area contributed by atoms with Crippen molar-refractivity contribution in [2.75, 3.05) is 13.2 Å². The van der Waals surface area contributed by atoms with Gasteiger partial charge in [-0.3, -0.25) is 0 Å². The summed E-state index contributed by atoms with van der Waals surface area (Å²) in [6.07, 6.45) is 3.25. The van der Waals surface area contributed by atoms with E-state index in [-0.39, 0.29) is 5.60 Å². The minimum Gasteiger partial charge on any atom is -0.491 e. The SMILES string of the molecule is CCC1(C)CC(NC2COc3ccccc32)CCO1. The third kappa shape index (κ3) is 2.63. The van der Waals surface area contributed by atoms with Gasteiger partial charge < -0.3 is 14.8 Å². The molecule has 104 valence electrons. The van der Waals surface area contributed by atoms with Crippen molar-refractivity contribution in [2.24, 2.45) is 0 Å². The van der Waals surface area contributed by atoms with Crippen molar-refractivity contribution < 1.29 is 9.47 Å². The number of benzene rings is 1. The van der Waals surface area contributed by atoms with Gasteiger partial charge in [-0.25, -0.2) is 0 Å². The van der Waals surface area contributed by atoms with E-state index >= 15 is 0 Å². The molecule has 1 N–H and O–H groups in total. The Hall–Kier alpha value is -1.06. The van der Waals surface area contributed by atoms with Crippen LogP contribution < -0.4 is 10.1 Å². The second-order valence-corrected chi connectivity index (χ2v) is 5.91. The Morgan fingerprint density at radius 3 is 3.05 bits per heavy atom. The number of para-hydroxylation sites is 1. The molecular formula is C16H23NO2. The van der Waals surface area contributed by atoms with Gasteiger partial charge in [0, 0.05) is 18.2 Å². The van der Waals surface area contributed by atoms with Crippen LogP contribution in [0.15, 0.2) is 24.3 Å². The molecule has 1 aromatic carbocycles. The molecule has 19 heavy (non-hydrogen) atoms. The molecule has 0 spiro atoms. The van der Waals surface area contributed by atoms with Gasteiger partial charge in [0.2, 0.25) is 0 Å². The van der Waals surface area contributed by atoms with Crippen molar-refractivity contribution in [3.63, 3.8) is 0 Å². The Morgan fingerprint density at radius 2 is 2.21 bits per heavy atom. The van der Waals surface area contributed by atoms with Crippen LogP contribution in [0.5, 0.6) is 5.75 Å². The highest BCUT2D eigenvalue weighted by molar-refractivity contribution is 5.39. The van der Waals surface area contributed by atoms with Gasteiger partial charge in [-0.05, 0) is 32.3 Å². The average molecular weight is 261 g/mol. The highest BCUT2D eigenvalue weighted by atomic mass is 16.5. The lowest BCUT2D eigenvalue weighted by Gasteiger charge is -2.39. The molecule has 3 atom stereocenters. The van der Waals surface area contributed by atoms with Crippen molar-refractivity contribution in [3.05, 3.63) is 29.8 Å². The smallest absolute Gasteiger partial charge is 0.124 e. The normalized spacial score (nSPS) is 33.8. The molecule has 3 nitrogen and oxygen atoms in total. The van der Waals surface area contributed by atoms with Crippen molar-refractivity contribution in [1.82, 2.24) is 5.32 Å². The van der Waals surface area contributed by atoms with E-state index in [1.165, 1.54) is 5.56 Å². The first kappa shape index (κ1) is 12.9. The van der Waals surface area contributed by atoms with E-state index in [2.05, 4.69) is 37.4 Å². The lowest BCUT2D eigenvalue weighted by Crippen LogP contribution is -2.46. The second kappa shape index (κ2) is 5.14. The zero-order valence-electron chi connectivity index (χ0n) is 11.8. The molecule has 3 unspecified atom stereocenters. The molecule has 0 bridgehead atoms. The Labute approximate surface area is 115 Å². The highest BCUT2D eigenvalue weighted by Gasteiger charge is 2.34. The molecule has 3 rings (SSSR count). The molecule has 1 fully saturated rings. The summed E-state index contributed by atoms with van der Waals surface area (Å²) in [7, 11) is 0. The largest absolute Gasteiger partial charge is 0.491 e. The minimum atomic E-state index is 0.0366. The number of fused-ring (bicyclic) bond motifs is 1. The quantitative estimate of drug-likeness (QED) is 0.907. The Kier molecular flexibility index (Phi) is 3.50.